The highest BCUT2D eigenvalue weighted by atomic mass is 19.1. The summed E-state index contributed by atoms with van der Waals surface area (Å²) in [5.41, 5.74) is -0.435. The van der Waals surface area contributed by atoms with Crippen LogP contribution in [-0.4, -0.2) is 36.5 Å². The van der Waals surface area contributed by atoms with E-state index < -0.39 is 29.1 Å². The molecule has 12 heteroatoms. The lowest BCUT2D eigenvalue weighted by Gasteiger charge is -2.09. The van der Waals surface area contributed by atoms with Gasteiger partial charge in [-0.1, -0.05) is 6.07 Å². The summed E-state index contributed by atoms with van der Waals surface area (Å²) in [5, 5.41) is 3.91. The Morgan fingerprint density at radius 3 is 2.46 bits per heavy atom. The fourth-order valence-corrected chi connectivity index (χ4v) is 3.46. The number of rotatable bonds is 7. The smallest absolute Gasteiger partial charge is 0.356 e. The van der Waals surface area contributed by atoms with Crippen molar-refractivity contribution < 1.29 is 27.4 Å². The second-order valence-electron chi connectivity index (χ2n) is 7.48. The van der Waals surface area contributed by atoms with Crippen LogP contribution in [0.4, 0.5) is 13.2 Å². The maximum atomic E-state index is 14.8. The summed E-state index contributed by atoms with van der Waals surface area (Å²) in [6.07, 6.45) is 1.10. The molecular weight excluding hydrogens is 467 g/mol. The Kier molecular flexibility index (Phi) is 6.45. The van der Waals surface area contributed by atoms with E-state index >= 15 is 0 Å². The Morgan fingerprint density at radius 1 is 1.09 bits per heavy atom. The van der Waals surface area contributed by atoms with Crippen molar-refractivity contribution in [1.82, 2.24) is 23.9 Å². The van der Waals surface area contributed by atoms with Crippen LogP contribution in [0.3, 0.4) is 0 Å². The van der Waals surface area contributed by atoms with Crippen molar-refractivity contribution in [3.8, 4) is 17.4 Å². The van der Waals surface area contributed by atoms with Crippen molar-refractivity contribution in [2.24, 2.45) is 7.05 Å². The molecule has 9 nitrogen and oxygen atoms in total. The van der Waals surface area contributed by atoms with Crippen molar-refractivity contribution in [2.45, 2.75) is 20.4 Å². The molecule has 2 aromatic carbocycles. The molecule has 0 amide bonds. The summed E-state index contributed by atoms with van der Waals surface area (Å²) in [4.78, 5) is 28.9. The number of hydrogen-bond acceptors (Lipinski definition) is 6. The molecule has 182 valence electrons. The average Bonchev–Trinajstić information content (AvgIpc) is 3.30. The third-order valence-electron chi connectivity index (χ3n) is 5.18. The molecule has 2 heterocycles. The summed E-state index contributed by atoms with van der Waals surface area (Å²) in [5.74, 6) is -3.22. The summed E-state index contributed by atoms with van der Waals surface area (Å²) in [6.45, 7) is 3.06. The Labute approximate surface area is 197 Å². The predicted molar refractivity (Wildman–Crippen MR) is 117 cm³/mol. The Morgan fingerprint density at radius 2 is 1.80 bits per heavy atom. The van der Waals surface area contributed by atoms with E-state index in [9.17, 15) is 22.8 Å². The number of aromatic nitrogens is 5. The Hall–Kier alpha value is -4.35. The highest BCUT2D eigenvalue weighted by Crippen LogP contribution is 2.27. The first-order chi connectivity index (χ1) is 16.7. The third kappa shape index (κ3) is 4.54. The second-order valence-corrected chi connectivity index (χ2v) is 7.48. The van der Waals surface area contributed by atoms with Gasteiger partial charge in [-0.2, -0.15) is 14.8 Å². The monoisotopic (exact) mass is 487 g/mol. The number of halogens is 3. The van der Waals surface area contributed by atoms with E-state index in [0.717, 1.165) is 33.8 Å². The van der Waals surface area contributed by atoms with Crippen LogP contribution in [0.2, 0.25) is 0 Å². The number of carbonyl (C=O) groups is 1. The zero-order valence-electron chi connectivity index (χ0n) is 19.0. The summed E-state index contributed by atoms with van der Waals surface area (Å²) in [7, 11) is 1.53. The maximum Gasteiger partial charge on any atom is 0.356 e. The van der Waals surface area contributed by atoms with Crippen molar-refractivity contribution in [2.75, 3.05) is 6.61 Å². The fourth-order valence-electron chi connectivity index (χ4n) is 3.46. The third-order valence-corrected chi connectivity index (χ3v) is 5.18. The normalized spacial score (nSPS) is 11.0. The van der Waals surface area contributed by atoms with Crippen LogP contribution in [0, 0.1) is 24.4 Å². The molecule has 0 radical (unpaired) electrons. The van der Waals surface area contributed by atoms with E-state index in [1.165, 1.54) is 29.8 Å². The van der Waals surface area contributed by atoms with E-state index in [0.29, 0.717) is 5.69 Å². The number of ether oxygens (including phenoxy) is 2. The molecule has 0 aliphatic carbocycles. The molecule has 0 atom stereocenters. The van der Waals surface area contributed by atoms with Crippen molar-refractivity contribution in [3.05, 3.63) is 87.6 Å². The quantitative estimate of drug-likeness (QED) is 0.371. The van der Waals surface area contributed by atoms with Crippen LogP contribution >= 0.6 is 0 Å². The topological polar surface area (TPSA) is 93.2 Å². The molecule has 0 aliphatic heterocycles. The van der Waals surface area contributed by atoms with Gasteiger partial charge in [0, 0.05) is 18.7 Å². The van der Waals surface area contributed by atoms with Gasteiger partial charge in [-0.05, 0) is 38.1 Å². The van der Waals surface area contributed by atoms with E-state index in [4.69, 9.17) is 9.47 Å². The molecule has 35 heavy (non-hydrogen) atoms. The summed E-state index contributed by atoms with van der Waals surface area (Å²) >= 11 is 0. The van der Waals surface area contributed by atoms with Crippen LogP contribution in [0.5, 0.6) is 11.8 Å². The number of hydrogen-bond donors (Lipinski definition) is 0. The lowest BCUT2D eigenvalue weighted by molar-refractivity contribution is 0.0513. The molecule has 0 saturated heterocycles. The van der Waals surface area contributed by atoms with Gasteiger partial charge < -0.3 is 9.47 Å². The average molecular weight is 487 g/mol. The number of aryl methyl sites for hydroxylation is 1. The lowest BCUT2D eigenvalue weighted by atomic mass is 10.2. The molecule has 0 spiro atoms. The fraction of sp³-hybridized carbons (Fsp3) is 0.217. The second kappa shape index (κ2) is 9.49. The van der Waals surface area contributed by atoms with Gasteiger partial charge >= 0.3 is 17.7 Å². The van der Waals surface area contributed by atoms with Gasteiger partial charge in [-0.3, -0.25) is 9.13 Å². The van der Waals surface area contributed by atoms with Crippen LogP contribution in [-0.2, 0) is 18.3 Å². The minimum Gasteiger partial charge on any atom is -0.461 e. The molecule has 0 saturated carbocycles. The van der Waals surface area contributed by atoms with Crippen molar-refractivity contribution >= 4 is 5.97 Å². The van der Waals surface area contributed by atoms with E-state index in [2.05, 4.69) is 10.1 Å². The number of benzene rings is 2. The number of carbonyl (C=O) groups excluding carboxylic acids is 1. The highest BCUT2D eigenvalue weighted by Gasteiger charge is 2.22. The van der Waals surface area contributed by atoms with Crippen LogP contribution < -0.4 is 10.4 Å². The first kappa shape index (κ1) is 23.8. The van der Waals surface area contributed by atoms with Crippen LogP contribution in [0.15, 0.2) is 47.5 Å². The van der Waals surface area contributed by atoms with Gasteiger partial charge in [0.15, 0.2) is 17.3 Å². The van der Waals surface area contributed by atoms with Gasteiger partial charge in [0.25, 0.3) is 0 Å². The molecule has 0 fully saturated rings. The standard InChI is InChI=1S/C23H20F3N5O4/c1-4-34-21(32)20-13(2)28-22(29(20)3)35-19-9-8-14(10-18(19)26)31-23(33)30(12-27-31)11-15-16(24)6-5-7-17(15)25/h5-10,12H,4,11H2,1-3H3. The molecule has 2 aromatic heterocycles. The minimum atomic E-state index is -0.831. The van der Waals surface area contributed by atoms with E-state index in [-0.39, 0.29) is 41.9 Å². The van der Waals surface area contributed by atoms with Gasteiger partial charge in [-0.25, -0.2) is 22.8 Å². The number of nitrogens with zero attached hydrogens (tertiary/aromatic N) is 5. The van der Waals surface area contributed by atoms with Gasteiger partial charge in [-0.15, -0.1) is 0 Å². The summed E-state index contributed by atoms with van der Waals surface area (Å²) < 4.78 is 56.4. The Balaban J connectivity index is 1.59. The zero-order valence-corrected chi connectivity index (χ0v) is 19.0. The highest BCUT2D eigenvalue weighted by molar-refractivity contribution is 5.89. The van der Waals surface area contributed by atoms with Gasteiger partial charge in [0.05, 0.1) is 24.5 Å². The van der Waals surface area contributed by atoms with Gasteiger partial charge in [0.2, 0.25) is 0 Å². The van der Waals surface area contributed by atoms with Crippen LogP contribution in [0.25, 0.3) is 5.69 Å². The largest absolute Gasteiger partial charge is 0.461 e. The lowest BCUT2D eigenvalue weighted by Crippen LogP contribution is -2.24. The van der Waals surface area contributed by atoms with Crippen LogP contribution in [0.1, 0.15) is 28.7 Å². The Bertz CT molecular complexity index is 1450. The predicted octanol–water partition coefficient (Wildman–Crippen LogP) is 3.51. The molecular formula is C23H20F3N5O4. The SMILES string of the molecule is CCOC(=O)c1c(C)nc(Oc2ccc(-n3ncn(Cc4c(F)cccc4F)c3=O)cc2F)n1C. The molecule has 4 aromatic rings. The minimum absolute atomic E-state index is 0.0365. The number of imidazole rings is 1. The van der Waals surface area contributed by atoms with E-state index in [1.54, 1.807) is 13.8 Å². The van der Waals surface area contributed by atoms with Crippen molar-refractivity contribution in [1.29, 1.82) is 0 Å². The molecule has 0 unspecified atom stereocenters. The summed E-state index contributed by atoms with van der Waals surface area (Å²) in [6, 6.07) is 7.01. The molecule has 0 bridgehead atoms. The molecule has 0 N–H and O–H groups in total. The zero-order chi connectivity index (χ0) is 25.3. The number of esters is 1. The maximum absolute atomic E-state index is 14.8. The van der Waals surface area contributed by atoms with Crippen molar-refractivity contribution in [3.63, 3.8) is 0 Å². The van der Waals surface area contributed by atoms with Gasteiger partial charge in [0.1, 0.15) is 18.0 Å². The van der Waals surface area contributed by atoms with E-state index in [1.807, 2.05) is 0 Å². The first-order valence-corrected chi connectivity index (χ1v) is 10.5. The molecule has 4 rings (SSSR count). The first-order valence-electron chi connectivity index (χ1n) is 10.5. The molecule has 0 aliphatic rings.